The van der Waals surface area contributed by atoms with Gasteiger partial charge in [-0.15, -0.1) is 0 Å². The molecule has 0 bridgehead atoms. The molecule has 0 heterocycles. The molecule has 0 atom stereocenters. The second kappa shape index (κ2) is 8.14. The summed E-state index contributed by atoms with van der Waals surface area (Å²) in [6.45, 7) is 2.10. The van der Waals surface area contributed by atoms with E-state index in [1.807, 2.05) is 0 Å². The summed E-state index contributed by atoms with van der Waals surface area (Å²) in [6, 6.07) is 9.41. The third kappa shape index (κ3) is 4.60. The van der Waals surface area contributed by atoms with Crippen molar-refractivity contribution in [2.75, 3.05) is 26.0 Å². The Morgan fingerprint density at radius 2 is 1.81 bits per heavy atom. The molecule has 0 fully saturated rings. The molecule has 144 valence electrons. The quantitative estimate of drug-likeness (QED) is 0.570. The van der Waals surface area contributed by atoms with E-state index in [0.29, 0.717) is 12.4 Å². The Balaban J connectivity index is 2.26. The lowest BCUT2D eigenvalue weighted by molar-refractivity contribution is -0.384. The Bertz CT molecular complexity index is 955. The molecule has 0 aliphatic rings. The number of ether oxygens (including phenoxy) is 1. The number of nitrogens with zero attached hydrogens (tertiary/aromatic N) is 2. The van der Waals surface area contributed by atoms with E-state index in [0.717, 1.165) is 4.31 Å². The van der Waals surface area contributed by atoms with Crippen LogP contribution in [0.5, 0.6) is 5.75 Å². The fourth-order valence-electron chi connectivity index (χ4n) is 2.21. The summed E-state index contributed by atoms with van der Waals surface area (Å²) < 4.78 is 30.4. The zero-order valence-electron chi connectivity index (χ0n) is 15.0. The summed E-state index contributed by atoms with van der Waals surface area (Å²) in [5, 5.41) is 13.7. The van der Waals surface area contributed by atoms with E-state index in [1.165, 1.54) is 56.6 Å². The standard InChI is InChI=1S/C17H19N3O6S/c1-4-26-13-7-10-15(16(11-13)20(22)23)18-17(21)12-5-8-14(9-6-12)27(24,25)19(2)3/h5-11H,4H2,1-3H3,(H,18,21). The Morgan fingerprint density at radius 3 is 2.33 bits per heavy atom. The van der Waals surface area contributed by atoms with Crippen molar-refractivity contribution in [2.45, 2.75) is 11.8 Å². The molecule has 0 aromatic heterocycles. The first-order valence-electron chi connectivity index (χ1n) is 7.92. The molecule has 0 aliphatic heterocycles. The minimum atomic E-state index is -3.61. The zero-order valence-corrected chi connectivity index (χ0v) is 15.8. The largest absolute Gasteiger partial charge is 0.494 e. The van der Waals surface area contributed by atoms with E-state index in [2.05, 4.69) is 5.32 Å². The Labute approximate surface area is 156 Å². The molecule has 0 spiro atoms. The molecule has 1 amide bonds. The predicted octanol–water partition coefficient (Wildman–Crippen LogP) is 2.50. The number of carbonyl (C=O) groups excluding carboxylic acids is 1. The highest BCUT2D eigenvalue weighted by Crippen LogP contribution is 2.29. The summed E-state index contributed by atoms with van der Waals surface area (Å²) in [4.78, 5) is 23.0. The second-order valence-electron chi connectivity index (χ2n) is 5.64. The lowest BCUT2D eigenvalue weighted by Crippen LogP contribution is -2.22. The van der Waals surface area contributed by atoms with Gasteiger partial charge >= 0.3 is 0 Å². The number of hydrogen-bond donors (Lipinski definition) is 1. The first kappa shape index (κ1) is 20.3. The van der Waals surface area contributed by atoms with E-state index in [1.54, 1.807) is 6.92 Å². The summed E-state index contributed by atoms with van der Waals surface area (Å²) in [5.41, 5.74) is -0.129. The van der Waals surface area contributed by atoms with E-state index < -0.39 is 20.9 Å². The summed E-state index contributed by atoms with van der Waals surface area (Å²) >= 11 is 0. The highest BCUT2D eigenvalue weighted by atomic mass is 32.2. The van der Waals surface area contributed by atoms with Crippen molar-refractivity contribution in [3.05, 3.63) is 58.1 Å². The van der Waals surface area contributed by atoms with Crippen molar-refractivity contribution in [3.8, 4) is 5.75 Å². The van der Waals surface area contributed by atoms with E-state index >= 15 is 0 Å². The van der Waals surface area contributed by atoms with Crippen LogP contribution in [0.4, 0.5) is 11.4 Å². The maximum atomic E-state index is 12.4. The third-order valence-corrected chi connectivity index (χ3v) is 5.45. The number of sulfonamides is 1. The number of nitrogens with one attached hydrogen (secondary N) is 1. The molecule has 9 nitrogen and oxygen atoms in total. The van der Waals surface area contributed by atoms with Gasteiger partial charge in [-0.25, -0.2) is 12.7 Å². The summed E-state index contributed by atoms with van der Waals surface area (Å²) in [6.07, 6.45) is 0. The molecule has 0 radical (unpaired) electrons. The molecular weight excluding hydrogens is 374 g/mol. The van der Waals surface area contributed by atoms with Gasteiger partial charge in [-0.05, 0) is 43.3 Å². The van der Waals surface area contributed by atoms with Crippen LogP contribution in [0.3, 0.4) is 0 Å². The summed E-state index contributed by atoms with van der Waals surface area (Å²) in [7, 11) is -0.801. The van der Waals surface area contributed by atoms with Crippen LogP contribution in [-0.4, -0.2) is 44.3 Å². The van der Waals surface area contributed by atoms with Crippen LogP contribution < -0.4 is 10.1 Å². The zero-order chi connectivity index (χ0) is 20.2. The SMILES string of the molecule is CCOc1ccc(NC(=O)c2ccc(S(=O)(=O)N(C)C)cc2)c([N+](=O)[O-])c1. The fourth-order valence-corrected chi connectivity index (χ4v) is 3.11. The van der Waals surface area contributed by atoms with Crippen LogP contribution in [0.15, 0.2) is 47.4 Å². The molecule has 2 aromatic carbocycles. The topological polar surface area (TPSA) is 119 Å². The second-order valence-corrected chi connectivity index (χ2v) is 7.79. The van der Waals surface area contributed by atoms with Gasteiger partial charge in [-0.2, -0.15) is 0 Å². The smallest absolute Gasteiger partial charge is 0.296 e. The average Bonchev–Trinajstić information content (AvgIpc) is 2.63. The molecule has 0 aliphatic carbocycles. The van der Waals surface area contributed by atoms with Gasteiger partial charge in [0.2, 0.25) is 10.0 Å². The van der Waals surface area contributed by atoms with Crippen LogP contribution in [0.2, 0.25) is 0 Å². The molecule has 0 saturated heterocycles. The lowest BCUT2D eigenvalue weighted by Gasteiger charge is -2.12. The molecule has 0 saturated carbocycles. The van der Waals surface area contributed by atoms with Crippen LogP contribution in [0.25, 0.3) is 0 Å². The highest BCUT2D eigenvalue weighted by Gasteiger charge is 2.20. The van der Waals surface area contributed by atoms with Crippen molar-refractivity contribution in [3.63, 3.8) is 0 Å². The van der Waals surface area contributed by atoms with Crippen LogP contribution in [0, 0.1) is 10.1 Å². The number of anilines is 1. The Morgan fingerprint density at radius 1 is 1.19 bits per heavy atom. The van der Waals surface area contributed by atoms with E-state index in [-0.39, 0.29) is 21.8 Å². The molecule has 27 heavy (non-hydrogen) atoms. The number of nitro groups is 1. The molecule has 1 N–H and O–H groups in total. The van der Waals surface area contributed by atoms with Crippen molar-refractivity contribution in [1.29, 1.82) is 0 Å². The van der Waals surface area contributed by atoms with Gasteiger partial charge in [0.05, 0.1) is 22.5 Å². The van der Waals surface area contributed by atoms with Crippen molar-refractivity contribution in [1.82, 2.24) is 4.31 Å². The molecule has 2 rings (SSSR count). The number of benzene rings is 2. The van der Waals surface area contributed by atoms with Gasteiger partial charge in [0, 0.05) is 19.7 Å². The molecule has 0 unspecified atom stereocenters. The fraction of sp³-hybridized carbons (Fsp3) is 0.235. The predicted molar refractivity (Wildman–Crippen MR) is 99.5 cm³/mol. The Hall–Kier alpha value is -2.98. The van der Waals surface area contributed by atoms with Crippen molar-refractivity contribution >= 4 is 27.3 Å². The normalized spacial score (nSPS) is 11.3. The van der Waals surface area contributed by atoms with Gasteiger partial charge in [0.25, 0.3) is 11.6 Å². The van der Waals surface area contributed by atoms with Crippen LogP contribution >= 0.6 is 0 Å². The van der Waals surface area contributed by atoms with Crippen molar-refractivity contribution < 1.29 is 22.9 Å². The third-order valence-electron chi connectivity index (χ3n) is 3.62. The first-order chi connectivity index (χ1) is 12.7. The maximum Gasteiger partial charge on any atom is 0.296 e. The van der Waals surface area contributed by atoms with Gasteiger partial charge in [-0.1, -0.05) is 0 Å². The van der Waals surface area contributed by atoms with Crippen LogP contribution in [0.1, 0.15) is 17.3 Å². The number of rotatable bonds is 7. The van der Waals surface area contributed by atoms with Gasteiger partial charge in [0.1, 0.15) is 11.4 Å². The molecule has 10 heteroatoms. The Kier molecular flexibility index (Phi) is 6.13. The number of carbonyl (C=O) groups is 1. The van der Waals surface area contributed by atoms with Gasteiger partial charge < -0.3 is 10.1 Å². The summed E-state index contributed by atoms with van der Waals surface area (Å²) in [5.74, 6) is -0.281. The molecule has 2 aromatic rings. The van der Waals surface area contributed by atoms with E-state index in [4.69, 9.17) is 4.74 Å². The monoisotopic (exact) mass is 393 g/mol. The lowest BCUT2D eigenvalue weighted by atomic mass is 10.2. The minimum Gasteiger partial charge on any atom is -0.494 e. The van der Waals surface area contributed by atoms with E-state index in [9.17, 15) is 23.3 Å². The minimum absolute atomic E-state index is 0.0124. The number of hydrogen-bond acceptors (Lipinski definition) is 6. The highest BCUT2D eigenvalue weighted by molar-refractivity contribution is 7.89. The van der Waals surface area contributed by atoms with Gasteiger partial charge in [-0.3, -0.25) is 14.9 Å². The average molecular weight is 393 g/mol. The maximum absolute atomic E-state index is 12.4. The van der Waals surface area contributed by atoms with Crippen LogP contribution in [-0.2, 0) is 10.0 Å². The molecular formula is C17H19N3O6S. The number of amides is 1. The first-order valence-corrected chi connectivity index (χ1v) is 9.36. The number of nitro benzene ring substituents is 1. The van der Waals surface area contributed by atoms with Crippen molar-refractivity contribution in [2.24, 2.45) is 0 Å². The van der Waals surface area contributed by atoms with Gasteiger partial charge in [0.15, 0.2) is 0 Å².